The van der Waals surface area contributed by atoms with Gasteiger partial charge in [0.1, 0.15) is 0 Å². The number of hydrogen-bond acceptors (Lipinski definition) is 5. The van der Waals surface area contributed by atoms with Crippen molar-refractivity contribution in [3.8, 4) is 11.5 Å². The van der Waals surface area contributed by atoms with Crippen LogP contribution in [-0.2, 0) is 11.3 Å². The van der Waals surface area contributed by atoms with Crippen LogP contribution in [0.2, 0.25) is 5.02 Å². The minimum Gasteiger partial charge on any atom is -0.489 e. The number of Topliss-reactive ketones (excluding diaryl/α,β-unsaturated/α-hetero) is 1. The summed E-state index contributed by atoms with van der Waals surface area (Å²) in [4.78, 5) is 25.9. The average molecular weight is 394 g/mol. The van der Waals surface area contributed by atoms with Crippen LogP contribution in [0.3, 0.4) is 0 Å². The predicted molar refractivity (Wildman–Crippen MR) is 102 cm³/mol. The summed E-state index contributed by atoms with van der Waals surface area (Å²) in [6.07, 6.45) is 1.16. The van der Waals surface area contributed by atoms with Gasteiger partial charge >= 0.3 is 0 Å². The van der Waals surface area contributed by atoms with Gasteiger partial charge < -0.3 is 14.8 Å². The first kappa shape index (κ1) is 18.7. The minimum atomic E-state index is -0.171. The van der Waals surface area contributed by atoms with E-state index in [1.54, 1.807) is 12.1 Å². The number of rotatable bonds is 6. The van der Waals surface area contributed by atoms with Crippen LogP contribution in [0.5, 0.6) is 11.5 Å². The van der Waals surface area contributed by atoms with Crippen molar-refractivity contribution in [3.63, 3.8) is 0 Å². The Morgan fingerprint density at radius 2 is 2.00 bits per heavy atom. The molecule has 1 N–H and O–H groups in total. The number of thiophene rings is 1. The van der Waals surface area contributed by atoms with Crippen molar-refractivity contribution in [3.05, 3.63) is 44.6 Å². The molecule has 3 rings (SSSR count). The van der Waals surface area contributed by atoms with E-state index in [1.807, 2.05) is 19.1 Å². The third kappa shape index (κ3) is 4.77. The quantitative estimate of drug-likeness (QED) is 0.749. The first-order valence-corrected chi connectivity index (χ1v) is 9.67. The van der Waals surface area contributed by atoms with Crippen LogP contribution in [0.25, 0.3) is 0 Å². The number of ketones is 1. The molecule has 1 amide bonds. The van der Waals surface area contributed by atoms with Crippen molar-refractivity contribution in [2.24, 2.45) is 0 Å². The van der Waals surface area contributed by atoms with E-state index in [-0.39, 0.29) is 24.5 Å². The number of nitrogens with one attached hydrogen (secondary N) is 1. The first-order chi connectivity index (χ1) is 12.5. The van der Waals surface area contributed by atoms with Gasteiger partial charge in [0, 0.05) is 30.7 Å². The molecule has 0 bridgehead atoms. The van der Waals surface area contributed by atoms with Crippen molar-refractivity contribution in [1.29, 1.82) is 0 Å². The predicted octanol–water partition coefficient (Wildman–Crippen LogP) is 4.15. The monoisotopic (exact) mass is 393 g/mol. The number of hydrogen-bond donors (Lipinski definition) is 1. The standard InChI is InChI=1S/C19H20ClNO4S/c1-12-3-5-17(26-12)15(22)4-6-18(23)21-11-13-9-14(20)19-16(10-13)24-7-2-8-25-19/h3,5,9-10H,2,4,6-8,11H2,1H3,(H,21,23). The molecule has 0 spiro atoms. The number of amides is 1. The Kier molecular flexibility index (Phi) is 6.16. The molecule has 0 atom stereocenters. The molecule has 0 saturated heterocycles. The summed E-state index contributed by atoms with van der Waals surface area (Å²) in [6.45, 7) is 3.42. The molecule has 1 aliphatic rings. The van der Waals surface area contributed by atoms with Gasteiger partial charge in [-0.3, -0.25) is 9.59 Å². The van der Waals surface area contributed by atoms with Gasteiger partial charge in [0.15, 0.2) is 17.3 Å². The van der Waals surface area contributed by atoms with E-state index in [0.717, 1.165) is 16.9 Å². The van der Waals surface area contributed by atoms with Gasteiger partial charge in [-0.25, -0.2) is 0 Å². The highest BCUT2D eigenvalue weighted by Crippen LogP contribution is 2.37. The molecule has 0 radical (unpaired) electrons. The lowest BCUT2D eigenvalue weighted by atomic mass is 10.1. The normalized spacial score (nSPS) is 13.2. The second kappa shape index (κ2) is 8.56. The van der Waals surface area contributed by atoms with Crippen LogP contribution in [0.1, 0.15) is 39.4 Å². The van der Waals surface area contributed by atoms with Crippen LogP contribution in [-0.4, -0.2) is 24.9 Å². The summed E-state index contributed by atoms with van der Waals surface area (Å²) in [6, 6.07) is 7.30. The van der Waals surface area contributed by atoms with Crippen LogP contribution in [0.15, 0.2) is 24.3 Å². The zero-order valence-electron chi connectivity index (χ0n) is 14.5. The van der Waals surface area contributed by atoms with Gasteiger partial charge in [0.05, 0.1) is 23.1 Å². The van der Waals surface area contributed by atoms with E-state index in [2.05, 4.69) is 5.32 Å². The van der Waals surface area contributed by atoms with E-state index in [9.17, 15) is 9.59 Å². The van der Waals surface area contributed by atoms with Crippen molar-refractivity contribution in [2.75, 3.05) is 13.2 Å². The molecule has 0 saturated carbocycles. The van der Waals surface area contributed by atoms with E-state index < -0.39 is 0 Å². The molecule has 2 heterocycles. The molecule has 5 nitrogen and oxygen atoms in total. The number of fused-ring (bicyclic) bond motifs is 1. The van der Waals surface area contributed by atoms with E-state index in [4.69, 9.17) is 21.1 Å². The Balaban J connectivity index is 1.52. The molecular formula is C19H20ClNO4S. The van der Waals surface area contributed by atoms with Gasteiger partial charge in [0.25, 0.3) is 0 Å². The highest BCUT2D eigenvalue weighted by atomic mass is 35.5. The second-order valence-electron chi connectivity index (χ2n) is 6.07. The van der Waals surface area contributed by atoms with Crippen molar-refractivity contribution in [1.82, 2.24) is 5.32 Å². The number of halogens is 1. The van der Waals surface area contributed by atoms with Gasteiger partial charge in [-0.1, -0.05) is 11.6 Å². The van der Waals surface area contributed by atoms with Crippen LogP contribution in [0.4, 0.5) is 0 Å². The number of aryl methyl sites for hydroxylation is 1. The number of benzene rings is 1. The molecule has 1 aromatic heterocycles. The molecule has 2 aromatic rings. The summed E-state index contributed by atoms with van der Waals surface area (Å²) in [7, 11) is 0. The summed E-state index contributed by atoms with van der Waals surface area (Å²) in [5.41, 5.74) is 0.827. The van der Waals surface area contributed by atoms with Crippen LogP contribution < -0.4 is 14.8 Å². The Morgan fingerprint density at radius 3 is 2.77 bits per heavy atom. The molecule has 0 fully saturated rings. The van der Waals surface area contributed by atoms with E-state index in [0.29, 0.717) is 41.2 Å². The zero-order chi connectivity index (χ0) is 18.5. The molecule has 1 aliphatic heterocycles. The Bertz CT molecular complexity index is 818. The maximum absolute atomic E-state index is 12.1. The molecule has 26 heavy (non-hydrogen) atoms. The summed E-state index contributed by atoms with van der Waals surface area (Å²) < 4.78 is 11.2. The van der Waals surface area contributed by atoms with Gasteiger partial charge in [-0.05, 0) is 36.8 Å². The maximum Gasteiger partial charge on any atom is 0.220 e. The van der Waals surface area contributed by atoms with Gasteiger partial charge in [-0.15, -0.1) is 11.3 Å². The third-order valence-corrected chi connectivity index (χ3v) is 5.27. The lowest BCUT2D eigenvalue weighted by molar-refractivity contribution is -0.121. The summed E-state index contributed by atoms with van der Waals surface area (Å²) in [5.74, 6) is 0.977. The minimum absolute atomic E-state index is 0.00289. The smallest absolute Gasteiger partial charge is 0.220 e. The number of carbonyl (C=O) groups excluding carboxylic acids is 2. The van der Waals surface area contributed by atoms with Crippen LogP contribution in [0, 0.1) is 6.92 Å². The topological polar surface area (TPSA) is 64.6 Å². The fourth-order valence-electron chi connectivity index (χ4n) is 2.61. The highest BCUT2D eigenvalue weighted by Gasteiger charge is 2.16. The Labute approximate surface area is 161 Å². The molecule has 138 valence electrons. The third-order valence-electron chi connectivity index (χ3n) is 3.95. The van der Waals surface area contributed by atoms with Crippen molar-refractivity contribution < 1.29 is 19.1 Å². The molecular weight excluding hydrogens is 374 g/mol. The van der Waals surface area contributed by atoms with E-state index in [1.165, 1.54) is 11.3 Å². The van der Waals surface area contributed by atoms with Crippen molar-refractivity contribution in [2.45, 2.75) is 32.7 Å². The van der Waals surface area contributed by atoms with Crippen LogP contribution >= 0.6 is 22.9 Å². The van der Waals surface area contributed by atoms with Crippen molar-refractivity contribution >= 4 is 34.6 Å². The molecule has 0 aliphatic carbocycles. The van der Waals surface area contributed by atoms with Gasteiger partial charge in [0.2, 0.25) is 5.91 Å². The number of carbonyl (C=O) groups is 2. The average Bonchev–Trinajstić information content (AvgIpc) is 2.91. The molecule has 0 unspecified atom stereocenters. The highest BCUT2D eigenvalue weighted by molar-refractivity contribution is 7.14. The maximum atomic E-state index is 12.1. The van der Waals surface area contributed by atoms with Gasteiger partial charge in [-0.2, -0.15) is 0 Å². The number of ether oxygens (including phenoxy) is 2. The molecule has 7 heteroatoms. The fraction of sp³-hybridized carbons (Fsp3) is 0.368. The summed E-state index contributed by atoms with van der Waals surface area (Å²) >= 11 is 7.70. The Hall–Kier alpha value is -2.05. The SMILES string of the molecule is Cc1ccc(C(=O)CCC(=O)NCc2cc(Cl)c3c(c2)OCCCO3)s1. The largest absolute Gasteiger partial charge is 0.489 e. The lowest BCUT2D eigenvalue weighted by Crippen LogP contribution is -2.23. The summed E-state index contributed by atoms with van der Waals surface area (Å²) in [5, 5.41) is 3.29. The fourth-order valence-corrected chi connectivity index (χ4v) is 3.73. The first-order valence-electron chi connectivity index (χ1n) is 8.47. The molecule has 1 aromatic carbocycles. The second-order valence-corrected chi connectivity index (χ2v) is 7.76. The van der Waals surface area contributed by atoms with E-state index >= 15 is 0 Å². The zero-order valence-corrected chi connectivity index (χ0v) is 16.0. The lowest BCUT2D eigenvalue weighted by Gasteiger charge is -2.12. The Morgan fingerprint density at radius 1 is 1.19 bits per heavy atom.